The van der Waals surface area contributed by atoms with Crippen LogP contribution < -0.4 is 10.5 Å². The van der Waals surface area contributed by atoms with E-state index in [2.05, 4.69) is 4.40 Å². The minimum absolute atomic E-state index is 0.0355. The molecular formula is C22H25N3O4S. The van der Waals surface area contributed by atoms with E-state index in [0.29, 0.717) is 35.6 Å². The van der Waals surface area contributed by atoms with Gasteiger partial charge in [-0.1, -0.05) is 29.8 Å². The highest BCUT2D eigenvalue weighted by atomic mass is 32.2. The van der Waals surface area contributed by atoms with Gasteiger partial charge in [0.25, 0.3) is 15.9 Å². The molecule has 0 bridgehead atoms. The first-order valence-electron chi connectivity index (χ1n) is 10.0. The van der Waals surface area contributed by atoms with Crippen LogP contribution in [0.25, 0.3) is 0 Å². The van der Waals surface area contributed by atoms with Gasteiger partial charge in [-0.25, -0.2) is 8.42 Å². The first-order chi connectivity index (χ1) is 14.3. The number of hydrogen-bond acceptors (Lipinski definition) is 5. The molecule has 0 saturated carbocycles. The molecule has 0 aromatic heterocycles. The van der Waals surface area contributed by atoms with Crippen molar-refractivity contribution in [1.29, 1.82) is 0 Å². The molecule has 2 N–H and O–H groups in total. The zero-order chi connectivity index (χ0) is 21.3. The summed E-state index contributed by atoms with van der Waals surface area (Å²) in [6, 6.07) is 12.9. The molecule has 0 spiro atoms. The lowest BCUT2D eigenvalue weighted by atomic mass is 9.98. The lowest BCUT2D eigenvalue weighted by Crippen LogP contribution is -2.41. The average molecular weight is 428 g/mol. The predicted molar refractivity (Wildman–Crippen MR) is 115 cm³/mol. The van der Waals surface area contributed by atoms with E-state index in [1.54, 1.807) is 18.2 Å². The second-order valence-electron chi connectivity index (χ2n) is 7.93. The van der Waals surface area contributed by atoms with Crippen molar-refractivity contribution >= 4 is 21.8 Å². The summed E-state index contributed by atoms with van der Waals surface area (Å²) < 4.78 is 33.3. The van der Waals surface area contributed by atoms with Gasteiger partial charge < -0.3 is 15.4 Å². The fourth-order valence-corrected chi connectivity index (χ4v) is 5.09. The van der Waals surface area contributed by atoms with Crippen LogP contribution in [-0.2, 0) is 15.8 Å². The summed E-state index contributed by atoms with van der Waals surface area (Å²) >= 11 is 0. The van der Waals surface area contributed by atoms with Crippen molar-refractivity contribution in [2.75, 3.05) is 19.7 Å². The molecule has 1 saturated heterocycles. The first-order valence-corrected chi connectivity index (χ1v) is 11.6. The van der Waals surface area contributed by atoms with E-state index in [4.69, 9.17) is 10.5 Å². The van der Waals surface area contributed by atoms with Crippen LogP contribution in [0.5, 0.6) is 5.75 Å². The second kappa shape index (κ2) is 8.10. The number of sulfonamides is 1. The summed E-state index contributed by atoms with van der Waals surface area (Å²) in [5.74, 6) is 0.549. The van der Waals surface area contributed by atoms with Crippen LogP contribution in [-0.4, -0.2) is 44.8 Å². The Labute approximate surface area is 176 Å². The second-order valence-corrected chi connectivity index (χ2v) is 9.56. The molecule has 30 heavy (non-hydrogen) atoms. The Kier molecular flexibility index (Phi) is 5.51. The number of carbonyl (C=O) groups excluding carboxylic acids is 1. The molecule has 0 radical (unpaired) electrons. The largest absolute Gasteiger partial charge is 0.492 e. The fraction of sp³-hybridized carbons (Fsp3) is 0.364. The minimum atomic E-state index is -3.58. The Balaban J connectivity index is 1.44. The number of nitrogens with zero attached hydrogens (tertiary/aromatic N) is 2. The van der Waals surface area contributed by atoms with Crippen LogP contribution in [0.1, 0.15) is 39.9 Å². The molecule has 7 nitrogen and oxygen atoms in total. The van der Waals surface area contributed by atoms with Gasteiger partial charge >= 0.3 is 0 Å². The van der Waals surface area contributed by atoms with E-state index in [0.717, 1.165) is 24.9 Å². The molecule has 4 rings (SSSR count). The summed E-state index contributed by atoms with van der Waals surface area (Å²) in [6.45, 7) is 3.78. The molecule has 0 aliphatic carbocycles. The number of amidine groups is 1. The van der Waals surface area contributed by atoms with Crippen molar-refractivity contribution in [2.24, 2.45) is 16.0 Å². The number of benzene rings is 2. The number of likely N-dealkylation sites (tertiary alicyclic amines) is 1. The van der Waals surface area contributed by atoms with Crippen LogP contribution >= 0.6 is 0 Å². The molecule has 2 aliphatic heterocycles. The topological polar surface area (TPSA) is 102 Å². The number of amides is 1. The van der Waals surface area contributed by atoms with Crippen molar-refractivity contribution in [3.8, 4) is 5.75 Å². The molecule has 2 aliphatic rings. The summed E-state index contributed by atoms with van der Waals surface area (Å²) in [6.07, 6.45) is 1.88. The fourth-order valence-electron chi connectivity index (χ4n) is 4.00. The lowest BCUT2D eigenvalue weighted by Gasteiger charge is -2.33. The molecule has 0 unspecified atom stereocenters. The molecule has 8 heteroatoms. The van der Waals surface area contributed by atoms with E-state index < -0.39 is 10.0 Å². The number of hydrogen-bond donors (Lipinski definition) is 1. The van der Waals surface area contributed by atoms with E-state index in [9.17, 15) is 13.2 Å². The molecular weight excluding hydrogens is 402 g/mol. The van der Waals surface area contributed by atoms with Crippen molar-refractivity contribution < 1.29 is 17.9 Å². The van der Waals surface area contributed by atoms with Crippen molar-refractivity contribution in [3.05, 3.63) is 64.7 Å². The average Bonchev–Trinajstić information content (AvgIpc) is 2.71. The van der Waals surface area contributed by atoms with E-state index in [1.165, 1.54) is 0 Å². The lowest BCUT2D eigenvalue weighted by molar-refractivity contribution is 0.0633. The van der Waals surface area contributed by atoms with Crippen LogP contribution in [0.4, 0.5) is 0 Å². The number of aryl methyl sites for hydroxylation is 1. The van der Waals surface area contributed by atoms with Gasteiger partial charge in [0.2, 0.25) is 0 Å². The van der Waals surface area contributed by atoms with Gasteiger partial charge in [0.15, 0.2) is 0 Å². The highest BCUT2D eigenvalue weighted by molar-refractivity contribution is 7.89. The van der Waals surface area contributed by atoms with Crippen molar-refractivity contribution in [3.63, 3.8) is 0 Å². The van der Waals surface area contributed by atoms with Gasteiger partial charge in [-0.3, -0.25) is 4.79 Å². The highest BCUT2D eigenvalue weighted by Gasteiger charge is 2.27. The Morgan fingerprint density at radius 1 is 1.23 bits per heavy atom. The highest BCUT2D eigenvalue weighted by Crippen LogP contribution is 2.29. The first kappa shape index (κ1) is 20.4. The van der Waals surface area contributed by atoms with E-state index >= 15 is 0 Å². The van der Waals surface area contributed by atoms with Gasteiger partial charge in [0.1, 0.15) is 11.6 Å². The third-order valence-electron chi connectivity index (χ3n) is 5.52. The normalized spacial score (nSPS) is 20.2. The zero-order valence-corrected chi connectivity index (χ0v) is 17.7. The molecule has 2 aromatic rings. The van der Waals surface area contributed by atoms with Gasteiger partial charge in [0.05, 0.1) is 17.9 Å². The smallest absolute Gasteiger partial charge is 0.259 e. The number of rotatable bonds is 4. The van der Waals surface area contributed by atoms with E-state index in [1.807, 2.05) is 36.1 Å². The van der Waals surface area contributed by atoms with Crippen LogP contribution in [0.15, 0.2) is 46.9 Å². The molecule has 158 valence electrons. The van der Waals surface area contributed by atoms with Gasteiger partial charge in [-0.05, 0) is 43.5 Å². The summed E-state index contributed by atoms with van der Waals surface area (Å²) in [5.41, 5.74) is 8.88. The van der Waals surface area contributed by atoms with Gasteiger partial charge in [-0.2, -0.15) is 0 Å². The third-order valence-corrected chi connectivity index (χ3v) is 6.67. The number of nitrogens with two attached hydrogens (primary N) is 1. The van der Waals surface area contributed by atoms with Gasteiger partial charge in [-0.15, -0.1) is 4.40 Å². The van der Waals surface area contributed by atoms with Crippen molar-refractivity contribution in [1.82, 2.24) is 4.90 Å². The summed E-state index contributed by atoms with van der Waals surface area (Å²) in [5, 5.41) is 0. The zero-order valence-electron chi connectivity index (χ0n) is 16.9. The Hall–Kier alpha value is -2.87. The summed E-state index contributed by atoms with van der Waals surface area (Å²) in [4.78, 5) is 14.7. The minimum Gasteiger partial charge on any atom is -0.492 e. The maximum Gasteiger partial charge on any atom is 0.259 e. The molecule has 1 amide bonds. The number of piperidine rings is 1. The maximum atomic E-state index is 12.8. The molecule has 1 atom stereocenters. The Bertz CT molecular complexity index is 1090. The Morgan fingerprint density at radius 3 is 2.77 bits per heavy atom. The van der Waals surface area contributed by atoms with E-state index in [-0.39, 0.29) is 23.4 Å². The molecule has 1 fully saturated rings. The number of fused-ring (bicyclic) bond motifs is 1. The van der Waals surface area contributed by atoms with Gasteiger partial charge in [0, 0.05) is 24.6 Å². The Morgan fingerprint density at radius 2 is 2.00 bits per heavy atom. The standard InChI is InChI=1S/C22H25N3O4S/c1-15-7-9-17(10-8-15)22(26)25-11-3-4-16(12-25)13-29-19-6-2-5-18-14-30(27,28)24-21(23)20(18)19/h2,5-10,16H,3-4,11-14H2,1H3,(H2,23,24)/t16-/m0/s1. The number of ether oxygens (including phenoxy) is 1. The number of carbonyl (C=O) groups is 1. The van der Waals surface area contributed by atoms with Crippen LogP contribution in [0.2, 0.25) is 0 Å². The monoisotopic (exact) mass is 427 g/mol. The van der Waals surface area contributed by atoms with Crippen LogP contribution in [0.3, 0.4) is 0 Å². The van der Waals surface area contributed by atoms with Crippen molar-refractivity contribution in [2.45, 2.75) is 25.5 Å². The third kappa shape index (κ3) is 4.33. The predicted octanol–water partition coefficient (Wildman–Crippen LogP) is 2.47. The SMILES string of the molecule is Cc1ccc(C(=O)N2CCC[C@H](COc3cccc4c3C(N)=NS(=O)(=O)C4)C2)cc1. The maximum absolute atomic E-state index is 12.8. The van der Waals surface area contributed by atoms with Crippen LogP contribution in [0, 0.1) is 12.8 Å². The summed E-state index contributed by atoms with van der Waals surface area (Å²) in [7, 11) is -3.58. The molecule has 2 aromatic carbocycles. The molecule has 2 heterocycles. The quantitative estimate of drug-likeness (QED) is 0.808.